The highest BCUT2D eigenvalue weighted by molar-refractivity contribution is 6.33. The van der Waals surface area contributed by atoms with Crippen LogP contribution in [0.2, 0.25) is 5.02 Å². The molecule has 4 rings (SSSR count). The Hall–Kier alpha value is -3.85. The molecule has 2 fully saturated rings. The quantitative estimate of drug-likeness (QED) is 0.406. The van der Waals surface area contributed by atoms with Gasteiger partial charge in [-0.15, -0.1) is 0 Å². The van der Waals surface area contributed by atoms with Gasteiger partial charge < -0.3 is 14.8 Å². The van der Waals surface area contributed by atoms with Crippen molar-refractivity contribution in [3.8, 4) is 11.5 Å². The molecule has 0 aromatic heterocycles. The number of para-hydroxylation sites is 1. The topological polar surface area (TPSA) is 114 Å². The number of nitrogens with zero attached hydrogens (tertiary/aromatic N) is 1. The molecule has 1 saturated heterocycles. The van der Waals surface area contributed by atoms with E-state index >= 15 is 0 Å². The Labute approximate surface area is 213 Å². The minimum atomic E-state index is -0.772. The molecule has 1 aliphatic heterocycles. The van der Waals surface area contributed by atoms with Crippen LogP contribution < -0.4 is 20.1 Å². The largest absolute Gasteiger partial charge is 0.490 e. The molecule has 188 valence electrons. The third kappa shape index (κ3) is 5.68. The highest BCUT2D eigenvalue weighted by Gasteiger charge is 2.40. The number of hydrogen-bond acceptors (Lipinski definition) is 6. The number of carbonyl (C=O) groups excluding carboxylic acids is 4. The molecule has 1 aliphatic carbocycles. The second kappa shape index (κ2) is 11.3. The maximum absolute atomic E-state index is 13.1. The summed E-state index contributed by atoms with van der Waals surface area (Å²) < 4.78 is 11.3. The van der Waals surface area contributed by atoms with Gasteiger partial charge in [0.2, 0.25) is 0 Å². The Kier molecular flexibility index (Phi) is 7.90. The lowest BCUT2D eigenvalue weighted by Gasteiger charge is -2.31. The van der Waals surface area contributed by atoms with Gasteiger partial charge in [-0.1, -0.05) is 42.6 Å². The molecule has 0 atom stereocenters. The number of benzene rings is 2. The van der Waals surface area contributed by atoms with E-state index in [9.17, 15) is 19.2 Å². The van der Waals surface area contributed by atoms with Crippen molar-refractivity contribution in [2.45, 2.75) is 38.6 Å². The van der Waals surface area contributed by atoms with E-state index in [-0.39, 0.29) is 47.3 Å². The van der Waals surface area contributed by atoms with Crippen molar-refractivity contribution >= 4 is 47.1 Å². The number of barbiturate groups is 1. The third-order valence-electron chi connectivity index (χ3n) is 5.87. The lowest BCUT2D eigenvalue weighted by Crippen LogP contribution is -2.57. The van der Waals surface area contributed by atoms with E-state index in [1.54, 1.807) is 37.3 Å². The van der Waals surface area contributed by atoms with Crippen molar-refractivity contribution < 1.29 is 28.7 Å². The van der Waals surface area contributed by atoms with Gasteiger partial charge >= 0.3 is 6.03 Å². The molecule has 0 radical (unpaired) electrons. The minimum Gasteiger partial charge on any atom is -0.490 e. The molecule has 1 heterocycles. The highest BCUT2D eigenvalue weighted by Crippen LogP contribution is 2.38. The van der Waals surface area contributed by atoms with E-state index in [2.05, 4.69) is 10.6 Å². The van der Waals surface area contributed by atoms with Crippen LogP contribution in [-0.2, 0) is 14.4 Å². The van der Waals surface area contributed by atoms with Crippen LogP contribution in [0.3, 0.4) is 0 Å². The first-order valence-electron chi connectivity index (χ1n) is 11.7. The summed E-state index contributed by atoms with van der Waals surface area (Å²) in [6.07, 6.45) is 4.64. The van der Waals surface area contributed by atoms with Crippen LogP contribution >= 0.6 is 11.6 Å². The van der Waals surface area contributed by atoms with Crippen molar-refractivity contribution in [3.05, 3.63) is 58.6 Å². The molecule has 2 aromatic rings. The van der Waals surface area contributed by atoms with E-state index in [0.717, 1.165) is 17.7 Å². The lowest BCUT2D eigenvalue weighted by molar-refractivity contribution is -0.131. The van der Waals surface area contributed by atoms with Crippen LogP contribution in [0.1, 0.15) is 38.2 Å². The molecular formula is C26H26ClN3O6. The summed E-state index contributed by atoms with van der Waals surface area (Å²) in [6.45, 7) is 1.74. The number of anilines is 1. The van der Waals surface area contributed by atoms with Crippen molar-refractivity contribution in [3.63, 3.8) is 0 Å². The first-order chi connectivity index (χ1) is 17.4. The number of ether oxygens (including phenoxy) is 2. The molecule has 0 unspecified atom stereocenters. The van der Waals surface area contributed by atoms with Gasteiger partial charge in [0.15, 0.2) is 18.1 Å². The van der Waals surface area contributed by atoms with Gasteiger partial charge in [0.05, 0.1) is 11.6 Å². The monoisotopic (exact) mass is 511 g/mol. The molecule has 10 heteroatoms. The fourth-order valence-electron chi connectivity index (χ4n) is 4.26. The highest BCUT2D eigenvalue weighted by atomic mass is 35.5. The number of urea groups is 1. The molecular weight excluding hydrogens is 486 g/mol. The van der Waals surface area contributed by atoms with E-state index in [1.807, 2.05) is 6.07 Å². The van der Waals surface area contributed by atoms with Gasteiger partial charge in [0, 0.05) is 11.7 Å². The summed E-state index contributed by atoms with van der Waals surface area (Å²) in [5.41, 5.74) is 0.865. The summed E-state index contributed by atoms with van der Waals surface area (Å²) in [4.78, 5) is 51.3. The summed E-state index contributed by atoms with van der Waals surface area (Å²) in [5.74, 6) is -1.39. The first kappa shape index (κ1) is 25.2. The number of nitrogens with one attached hydrogen (secondary N) is 2. The van der Waals surface area contributed by atoms with Crippen LogP contribution in [0.4, 0.5) is 10.5 Å². The molecule has 9 nitrogen and oxygen atoms in total. The van der Waals surface area contributed by atoms with Crippen molar-refractivity contribution in [1.29, 1.82) is 0 Å². The minimum absolute atomic E-state index is 0.132. The van der Waals surface area contributed by atoms with Crippen LogP contribution in [0.5, 0.6) is 11.5 Å². The van der Waals surface area contributed by atoms with Crippen LogP contribution in [0.15, 0.2) is 48.0 Å². The second-order valence-corrected chi connectivity index (χ2v) is 8.80. The zero-order chi connectivity index (χ0) is 25.7. The van der Waals surface area contributed by atoms with E-state index < -0.39 is 17.8 Å². The van der Waals surface area contributed by atoms with Gasteiger partial charge in [-0.2, -0.15) is 0 Å². The zero-order valence-electron chi connectivity index (χ0n) is 19.7. The zero-order valence-corrected chi connectivity index (χ0v) is 20.5. The van der Waals surface area contributed by atoms with Gasteiger partial charge in [-0.25, -0.2) is 4.79 Å². The molecule has 5 amide bonds. The predicted octanol–water partition coefficient (Wildman–Crippen LogP) is 4.16. The van der Waals surface area contributed by atoms with E-state index in [0.29, 0.717) is 24.1 Å². The molecule has 0 spiro atoms. The Morgan fingerprint density at radius 2 is 1.86 bits per heavy atom. The van der Waals surface area contributed by atoms with E-state index in [1.165, 1.54) is 12.1 Å². The van der Waals surface area contributed by atoms with Gasteiger partial charge in [-0.05, 0) is 55.7 Å². The third-order valence-corrected chi connectivity index (χ3v) is 6.15. The Morgan fingerprint density at radius 1 is 1.14 bits per heavy atom. The molecule has 0 bridgehead atoms. The van der Waals surface area contributed by atoms with Crippen LogP contribution in [0.25, 0.3) is 6.08 Å². The van der Waals surface area contributed by atoms with E-state index in [4.69, 9.17) is 21.1 Å². The molecule has 2 aliphatic rings. The first-order valence-corrected chi connectivity index (χ1v) is 12.1. The van der Waals surface area contributed by atoms with Gasteiger partial charge in [0.25, 0.3) is 17.7 Å². The molecule has 2 N–H and O–H groups in total. The maximum Gasteiger partial charge on any atom is 0.331 e. The van der Waals surface area contributed by atoms with Crippen LogP contribution in [-0.4, -0.2) is 47.9 Å². The number of hydrogen-bond donors (Lipinski definition) is 2. The number of halogens is 1. The fourth-order valence-corrected chi connectivity index (χ4v) is 4.54. The molecule has 2 aromatic carbocycles. The average Bonchev–Trinajstić information content (AvgIpc) is 3.36. The smallest absolute Gasteiger partial charge is 0.331 e. The molecule has 1 saturated carbocycles. The number of carbonyl (C=O) groups is 4. The SMILES string of the molecule is CCOc1cc(/C=C2\C(=O)NC(=O)N(C3CCCC3)C2=O)cc(Cl)c1OCC(=O)Nc1ccccc1. The predicted molar refractivity (Wildman–Crippen MR) is 134 cm³/mol. The second-order valence-electron chi connectivity index (χ2n) is 8.40. The molecule has 36 heavy (non-hydrogen) atoms. The number of rotatable bonds is 8. The summed E-state index contributed by atoms with van der Waals surface area (Å²) in [6, 6.07) is 11.1. The average molecular weight is 512 g/mol. The summed E-state index contributed by atoms with van der Waals surface area (Å²) in [7, 11) is 0. The van der Waals surface area contributed by atoms with Gasteiger partial charge in [0.1, 0.15) is 5.57 Å². The van der Waals surface area contributed by atoms with Crippen molar-refractivity contribution in [2.24, 2.45) is 0 Å². The standard InChI is InChI=1S/C26H26ClN3O6/c1-2-35-21-14-16(12-19-24(32)29-26(34)30(25(19)33)18-10-6-7-11-18)13-20(27)23(21)36-15-22(31)28-17-8-4-3-5-9-17/h3-5,8-9,12-14,18H,2,6-7,10-11,15H2,1H3,(H,28,31)(H,29,32,34)/b19-12+. The summed E-state index contributed by atoms with van der Waals surface area (Å²) >= 11 is 6.44. The van der Waals surface area contributed by atoms with Crippen LogP contribution in [0, 0.1) is 0 Å². The van der Waals surface area contributed by atoms with Crippen molar-refractivity contribution in [2.75, 3.05) is 18.5 Å². The fraction of sp³-hybridized carbons (Fsp3) is 0.308. The lowest BCUT2D eigenvalue weighted by atomic mass is 10.0. The van der Waals surface area contributed by atoms with Crippen molar-refractivity contribution in [1.82, 2.24) is 10.2 Å². The Bertz CT molecular complexity index is 1210. The number of imide groups is 2. The Morgan fingerprint density at radius 3 is 2.56 bits per heavy atom. The number of amides is 5. The Balaban J connectivity index is 1.55. The van der Waals surface area contributed by atoms with Gasteiger partial charge in [-0.3, -0.25) is 24.6 Å². The maximum atomic E-state index is 13.1. The normalized spacial score (nSPS) is 17.3. The summed E-state index contributed by atoms with van der Waals surface area (Å²) in [5, 5.41) is 5.10.